The third kappa shape index (κ3) is 3.17. The Morgan fingerprint density at radius 3 is 2.70 bits per heavy atom. The molecule has 0 spiro atoms. The van der Waals surface area contributed by atoms with Gasteiger partial charge in [0.05, 0.1) is 7.11 Å². The second kappa shape index (κ2) is 6.23. The summed E-state index contributed by atoms with van der Waals surface area (Å²) in [7, 11) is 3.00. The van der Waals surface area contributed by atoms with Crippen molar-refractivity contribution in [1.82, 2.24) is 9.80 Å². The molecular formula is C15H18N2O3. The number of rotatable bonds is 3. The van der Waals surface area contributed by atoms with Crippen LogP contribution in [0.3, 0.4) is 0 Å². The molecule has 20 heavy (non-hydrogen) atoms. The second-order valence-corrected chi connectivity index (χ2v) is 4.66. The summed E-state index contributed by atoms with van der Waals surface area (Å²) < 4.78 is 4.59. The summed E-state index contributed by atoms with van der Waals surface area (Å²) in [5, 5.41) is 0. The number of urea groups is 1. The predicted octanol–water partition coefficient (Wildman–Crippen LogP) is 2.00. The highest BCUT2D eigenvalue weighted by molar-refractivity contribution is 5.85. The zero-order valence-electron chi connectivity index (χ0n) is 11.7. The Hall–Kier alpha value is -2.30. The molecule has 0 saturated carbocycles. The van der Waals surface area contributed by atoms with Crippen LogP contribution in [0.1, 0.15) is 12.0 Å². The molecule has 5 nitrogen and oxygen atoms in total. The Kier molecular flexibility index (Phi) is 4.40. The molecule has 5 heteroatoms. The first-order valence-electron chi connectivity index (χ1n) is 6.47. The molecule has 2 amide bonds. The lowest BCUT2D eigenvalue weighted by atomic mass is 10.1. The number of ether oxygens (including phenoxy) is 1. The molecule has 1 saturated heterocycles. The number of methoxy groups -OCH3 is 1. The van der Waals surface area contributed by atoms with E-state index in [9.17, 15) is 9.59 Å². The van der Waals surface area contributed by atoms with Gasteiger partial charge in [-0.25, -0.2) is 9.59 Å². The molecule has 106 valence electrons. The van der Waals surface area contributed by atoms with Crippen LogP contribution in [0.25, 0.3) is 0 Å². The van der Waals surface area contributed by atoms with Crippen LogP contribution in [0.4, 0.5) is 4.79 Å². The first-order valence-corrected chi connectivity index (χ1v) is 6.47. The number of benzene rings is 1. The van der Waals surface area contributed by atoms with E-state index >= 15 is 0 Å². The fraction of sp³-hybridized carbons (Fsp3) is 0.333. The highest BCUT2D eigenvalue weighted by Crippen LogP contribution is 2.19. The number of esters is 1. The Morgan fingerprint density at radius 2 is 2.05 bits per heavy atom. The van der Waals surface area contributed by atoms with E-state index in [1.807, 2.05) is 30.3 Å². The summed E-state index contributed by atoms with van der Waals surface area (Å²) in [5.74, 6) is -0.434. The Morgan fingerprint density at radius 1 is 1.35 bits per heavy atom. The lowest BCUT2D eigenvalue weighted by molar-refractivity contribution is -0.135. The minimum atomic E-state index is -0.434. The van der Waals surface area contributed by atoms with Crippen molar-refractivity contribution < 1.29 is 14.3 Å². The first kappa shape index (κ1) is 14.1. The van der Waals surface area contributed by atoms with E-state index in [-0.39, 0.29) is 6.03 Å². The molecule has 1 aromatic rings. The SMILES string of the molecule is COC(=O)/C=C1\CCN(Cc2ccccc2)C(=O)N1C. The molecule has 2 rings (SSSR count). The number of carbonyl (C=O) groups excluding carboxylic acids is 2. The van der Waals surface area contributed by atoms with Crippen LogP contribution in [0.5, 0.6) is 0 Å². The van der Waals surface area contributed by atoms with Gasteiger partial charge >= 0.3 is 12.0 Å². The van der Waals surface area contributed by atoms with E-state index in [0.717, 1.165) is 5.56 Å². The standard InChI is InChI=1S/C15H18N2O3/c1-16-13(10-14(18)20-2)8-9-17(15(16)19)11-12-6-4-3-5-7-12/h3-7,10H,8-9,11H2,1-2H3/b13-10+. The van der Waals surface area contributed by atoms with Crippen molar-refractivity contribution in [2.45, 2.75) is 13.0 Å². The van der Waals surface area contributed by atoms with E-state index in [1.165, 1.54) is 18.1 Å². The number of hydrogen-bond donors (Lipinski definition) is 0. The van der Waals surface area contributed by atoms with Crippen LogP contribution in [0.2, 0.25) is 0 Å². The van der Waals surface area contributed by atoms with Crippen LogP contribution in [-0.2, 0) is 16.1 Å². The van der Waals surface area contributed by atoms with Gasteiger partial charge in [0.25, 0.3) is 0 Å². The fourth-order valence-corrected chi connectivity index (χ4v) is 2.16. The normalized spacial score (nSPS) is 17.5. The van der Waals surface area contributed by atoms with Gasteiger partial charge in [-0.05, 0) is 5.56 Å². The molecule has 0 N–H and O–H groups in total. The first-order chi connectivity index (χ1) is 9.61. The van der Waals surface area contributed by atoms with Crippen LogP contribution in [-0.4, -0.2) is 42.5 Å². The highest BCUT2D eigenvalue weighted by atomic mass is 16.5. The van der Waals surface area contributed by atoms with Gasteiger partial charge in [-0.3, -0.25) is 0 Å². The van der Waals surface area contributed by atoms with Crippen molar-refractivity contribution in [3.05, 3.63) is 47.7 Å². The monoisotopic (exact) mass is 274 g/mol. The molecule has 0 unspecified atom stereocenters. The van der Waals surface area contributed by atoms with Gasteiger partial charge in [0.15, 0.2) is 0 Å². The van der Waals surface area contributed by atoms with Crippen LogP contribution in [0, 0.1) is 0 Å². The Labute approximate surface area is 118 Å². The molecule has 0 bridgehead atoms. The molecular weight excluding hydrogens is 256 g/mol. The number of nitrogens with zero attached hydrogens (tertiary/aromatic N) is 2. The zero-order valence-corrected chi connectivity index (χ0v) is 11.7. The lowest BCUT2D eigenvalue weighted by Crippen LogP contribution is -2.45. The largest absolute Gasteiger partial charge is 0.466 e. The van der Waals surface area contributed by atoms with Crippen LogP contribution < -0.4 is 0 Å². The smallest absolute Gasteiger partial charge is 0.332 e. The summed E-state index contributed by atoms with van der Waals surface area (Å²) in [6, 6.07) is 9.74. The van der Waals surface area contributed by atoms with E-state index in [0.29, 0.717) is 25.2 Å². The molecule has 1 fully saturated rings. The summed E-state index contributed by atoms with van der Waals surface area (Å²) in [5.41, 5.74) is 1.78. The van der Waals surface area contributed by atoms with Crippen molar-refractivity contribution in [2.75, 3.05) is 20.7 Å². The van der Waals surface area contributed by atoms with E-state index < -0.39 is 5.97 Å². The topological polar surface area (TPSA) is 49.9 Å². The van der Waals surface area contributed by atoms with Gasteiger partial charge in [-0.15, -0.1) is 0 Å². The molecule has 1 aliphatic heterocycles. The average molecular weight is 274 g/mol. The maximum absolute atomic E-state index is 12.3. The van der Waals surface area contributed by atoms with Gasteiger partial charge in [-0.2, -0.15) is 0 Å². The maximum Gasteiger partial charge on any atom is 0.332 e. The van der Waals surface area contributed by atoms with Gasteiger partial charge < -0.3 is 14.5 Å². The van der Waals surface area contributed by atoms with Crippen molar-refractivity contribution in [3.63, 3.8) is 0 Å². The molecule has 0 radical (unpaired) electrons. The summed E-state index contributed by atoms with van der Waals surface area (Å²) in [6.45, 7) is 1.18. The Bertz CT molecular complexity index is 525. The third-order valence-corrected chi connectivity index (χ3v) is 3.33. The van der Waals surface area contributed by atoms with Crippen molar-refractivity contribution in [1.29, 1.82) is 0 Å². The minimum absolute atomic E-state index is 0.102. The zero-order chi connectivity index (χ0) is 14.5. The maximum atomic E-state index is 12.3. The van der Waals surface area contributed by atoms with E-state index in [1.54, 1.807) is 11.9 Å². The highest BCUT2D eigenvalue weighted by Gasteiger charge is 2.26. The third-order valence-electron chi connectivity index (χ3n) is 3.33. The molecule has 0 aromatic heterocycles. The number of carbonyl (C=O) groups is 2. The van der Waals surface area contributed by atoms with Gasteiger partial charge in [-0.1, -0.05) is 30.3 Å². The van der Waals surface area contributed by atoms with Crippen LogP contribution in [0.15, 0.2) is 42.1 Å². The molecule has 1 aromatic carbocycles. The van der Waals surface area contributed by atoms with Crippen molar-refractivity contribution in [3.8, 4) is 0 Å². The van der Waals surface area contributed by atoms with E-state index in [4.69, 9.17) is 0 Å². The number of amides is 2. The number of hydrogen-bond acceptors (Lipinski definition) is 3. The van der Waals surface area contributed by atoms with Gasteiger partial charge in [0, 0.05) is 38.3 Å². The van der Waals surface area contributed by atoms with Gasteiger partial charge in [0.1, 0.15) is 0 Å². The quantitative estimate of drug-likeness (QED) is 0.625. The summed E-state index contributed by atoms with van der Waals surface area (Å²) in [4.78, 5) is 26.8. The molecule has 0 atom stereocenters. The summed E-state index contributed by atoms with van der Waals surface area (Å²) >= 11 is 0. The van der Waals surface area contributed by atoms with Crippen LogP contribution >= 0.6 is 0 Å². The fourth-order valence-electron chi connectivity index (χ4n) is 2.16. The second-order valence-electron chi connectivity index (χ2n) is 4.66. The van der Waals surface area contributed by atoms with Crippen molar-refractivity contribution >= 4 is 12.0 Å². The molecule has 1 aliphatic rings. The minimum Gasteiger partial charge on any atom is -0.466 e. The average Bonchev–Trinajstić information content (AvgIpc) is 2.48. The Balaban J connectivity index is 2.06. The predicted molar refractivity (Wildman–Crippen MR) is 74.7 cm³/mol. The molecule has 1 heterocycles. The van der Waals surface area contributed by atoms with E-state index in [2.05, 4.69) is 4.74 Å². The van der Waals surface area contributed by atoms with Crippen molar-refractivity contribution in [2.24, 2.45) is 0 Å². The van der Waals surface area contributed by atoms with Gasteiger partial charge in [0.2, 0.25) is 0 Å². The lowest BCUT2D eigenvalue weighted by Gasteiger charge is -2.35. The summed E-state index contributed by atoms with van der Waals surface area (Å²) in [6.07, 6.45) is 2.02. The molecule has 0 aliphatic carbocycles.